The van der Waals surface area contributed by atoms with Crippen molar-refractivity contribution in [2.75, 3.05) is 19.7 Å². The molecule has 0 radical (unpaired) electrons. The standard InChI is InChI=1S/C48H77N7O15/c1-5-26(2)14-12-10-8-6-7-9-11-13-15-37(62)49-32-22-36(61)44(66)53-46(68)40-41(63)27(3)23-55(40)47(69)33(25-56)50-45(67)39(35(60)20-29-16-18-30(58)19-17-29)52-43(65)34-21-31(59)24-54(34)48(70)38(28(4)57)51-42(32)64/h16-19,26-28,31-36,38-41,44,56-61,63,66H,5-15,20-25H2,1-4H3,(H,49,62)(H,50,67)(H,51,64)(H,52,65)(H,53,68)/t26-,27+,28+,31-,32-,33-,34-,35+,36+,38-,39+,40-,41-,44-/m0/s1. The van der Waals surface area contributed by atoms with Crippen LogP contribution in [0.15, 0.2) is 24.3 Å². The van der Waals surface area contributed by atoms with E-state index in [4.69, 9.17) is 0 Å². The van der Waals surface area contributed by atoms with Crippen molar-refractivity contribution in [2.24, 2.45) is 11.8 Å². The van der Waals surface area contributed by atoms with Gasteiger partial charge in [0.15, 0.2) is 6.23 Å². The van der Waals surface area contributed by atoms with Gasteiger partial charge in [-0.25, -0.2) is 0 Å². The summed E-state index contributed by atoms with van der Waals surface area (Å²) in [6.07, 6.45) is -2.14. The van der Waals surface area contributed by atoms with Crippen molar-refractivity contribution >= 4 is 41.4 Å². The number of hydrogen-bond acceptors (Lipinski definition) is 15. The SMILES string of the molecule is CC[C@H](C)CCCCCCCCCCC(=O)N[C@H]1C[C@@H](O)[C@H](O)NC(=O)[C@@H]2[C@@H](O)[C@H](C)CN2C(=O)[C@H](CO)NC(=O)[C@@H]([C@H](O)Cc2ccc(O)cc2)NC(=O)[C@@H]2C[C@H](O)CN2C(=O)[C@H]([C@@H](C)O)NC1=O. The summed E-state index contributed by atoms with van der Waals surface area (Å²) in [6, 6.07) is -5.18. The predicted molar refractivity (Wildman–Crippen MR) is 252 cm³/mol. The summed E-state index contributed by atoms with van der Waals surface area (Å²) in [6.45, 7) is 5.23. The molecule has 0 unspecified atom stereocenters. The van der Waals surface area contributed by atoms with Gasteiger partial charge in [0.2, 0.25) is 41.4 Å². The quantitative estimate of drug-likeness (QED) is 0.0703. The zero-order valence-electron chi connectivity index (χ0n) is 40.7. The fraction of sp³-hybridized carbons (Fsp3) is 0.729. The Kier molecular flexibility index (Phi) is 22.7. The molecule has 394 valence electrons. The fourth-order valence-electron chi connectivity index (χ4n) is 9.14. The molecule has 3 aliphatic rings. The Morgan fingerprint density at radius 1 is 0.743 bits per heavy atom. The van der Waals surface area contributed by atoms with Gasteiger partial charge in [0.25, 0.3) is 0 Å². The first kappa shape index (κ1) is 57.6. The van der Waals surface area contributed by atoms with E-state index in [9.17, 15) is 74.4 Å². The topological polar surface area (TPSA) is 348 Å². The zero-order valence-corrected chi connectivity index (χ0v) is 40.7. The summed E-state index contributed by atoms with van der Waals surface area (Å²) in [7, 11) is 0. The summed E-state index contributed by atoms with van der Waals surface area (Å²) in [4.78, 5) is 99.4. The Hall–Kier alpha value is -4.97. The van der Waals surface area contributed by atoms with Crippen LogP contribution in [0.3, 0.4) is 0 Å². The van der Waals surface area contributed by atoms with Crippen LogP contribution < -0.4 is 26.6 Å². The fourth-order valence-corrected chi connectivity index (χ4v) is 9.14. The highest BCUT2D eigenvalue weighted by molar-refractivity contribution is 5.98. The number of phenols is 1. The first-order chi connectivity index (χ1) is 33.2. The number of unbranched alkanes of at least 4 members (excludes halogenated alkanes) is 7. The number of fused-ring (bicyclic) bond motifs is 2. The molecule has 22 heteroatoms. The van der Waals surface area contributed by atoms with E-state index >= 15 is 0 Å². The number of aromatic hydroxyl groups is 1. The number of amides is 7. The first-order valence-electron chi connectivity index (χ1n) is 24.8. The number of aliphatic hydroxyl groups is 7. The van der Waals surface area contributed by atoms with Gasteiger partial charge >= 0.3 is 0 Å². The van der Waals surface area contributed by atoms with Gasteiger partial charge in [0, 0.05) is 44.7 Å². The minimum Gasteiger partial charge on any atom is -0.508 e. The average molecular weight is 992 g/mol. The molecule has 0 spiro atoms. The number of carbonyl (C=O) groups is 7. The van der Waals surface area contributed by atoms with E-state index in [1.807, 2.05) is 0 Å². The number of carbonyl (C=O) groups excluding carboxylic acids is 7. The summed E-state index contributed by atoms with van der Waals surface area (Å²) in [5, 5.41) is 98.5. The maximum absolute atomic E-state index is 14.3. The molecule has 14 atom stereocenters. The van der Waals surface area contributed by atoms with Crippen LogP contribution in [0, 0.1) is 11.8 Å². The van der Waals surface area contributed by atoms with Crippen LogP contribution in [-0.2, 0) is 40.0 Å². The van der Waals surface area contributed by atoms with Crippen LogP contribution in [0.1, 0.15) is 117 Å². The maximum atomic E-state index is 14.3. The van der Waals surface area contributed by atoms with E-state index in [0.717, 1.165) is 54.7 Å². The zero-order chi connectivity index (χ0) is 51.8. The van der Waals surface area contributed by atoms with Crippen molar-refractivity contribution in [1.29, 1.82) is 0 Å². The number of hydrogen-bond donors (Lipinski definition) is 13. The second kappa shape index (κ2) is 27.6. The number of nitrogens with zero attached hydrogens (tertiary/aromatic N) is 2. The van der Waals surface area contributed by atoms with E-state index in [0.29, 0.717) is 18.4 Å². The van der Waals surface area contributed by atoms with Crippen molar-refractivity contribution in [1.82, 2.24) is 36.4 Å². The highest BCUT2D eigenvalue weighted by Gasteiger charge is 2.49. The highest BCUT2D eigenvalue weighted by atomic mass is 16.3. The molecule has 1 aromatic rings. The third-order valence-corrected chi connectivity index (χ3v) is 13.7. The smallest absolute Gasteiger partial charge is 0.248 e. The number of phenolic OH excluding ortho intramolecular Hbond substituents is 1. The predicted octanol–water partition coefficient (Wildman–Crippen LogP) is -2.08. The van der Waals surface area contributed by atoms with Crippen molar-refractivity contribution in [3.63, 3.8) is 0 Å². The summed E-state index contributed by atoms with van der Waals surface area (Å²) in [5.74, 6) is -7.57. The monoisotopic (exact) mass is 992 g/mol. The van der Waals surface area contributed by atoms with Gasteiger partial charge in [0.1, 0.15) is 48.1 Å². The third kappa shape index (κ3) is 16.3. The number of nitrogens with one attached hydrogen (secondary N) is 5. The molecule has 3 saturated heterocycles. The lowest BCUT2D eigenvalue weighted by Crippen LogP contribution is -2.63. The Labute approximate surface area is 408 Å². The van der Waals surface area contributed by atoms with Crippen molar-refractivity contribution in [3.8, 4) is 5.75 Å². The van der Waals surface area contributed by atoms with E-state index in [-0.39, 0.29) is 25.1 Å². The van der Waals surface area contributed by atoms with E-state index in [2.05, 4.69) is 40.4 Å². The van der Waals surface area contributed by atoms with E-state index < -0.39 is 146 Å². The minimum atomic E-state index is -2.19. The molecule has 3 fully saturated rings. The Morgan fingerprint density at radius 2 is 1.36 bits per heavy atom. The molecule has 0 saturated carbocycles. The second-order valence-corrected chi connectivity index (χ2v) is 19.5. The van der Waals surface area contributed by atoms with Gasteiger partial charge in [-0.05, 0) is 37.0 Å². The van der Waals surface area contributed by atoms with Gasteiger partial charge in [-0.2, -0.15) is 0 Å². The van der Waals surface area contributed by atoms with Gasteiger partial charge in [-0.15, -0.1) is 0 Å². The number of aliphatic hydroxyl groups excluding tert-OH is 7. The van der Waals surface area contributed by atoms with Gasteiger partial charge in [-0.3, -0.25) is 33.6 Å². The number of benzene rings is 1. The molecule has 0 bridgehead atoms. The molecule has 4 rings (SSSR count). The normalized spacial score (nSPS) is 30.0. The van der Waals surface area contributed by atoms with Gasteiger partial charge < -0.3 is 77.2 Å². The molecule has 0 aliphatic carbocycles. The van der Waals surface area contributed by atoms with Crippen molar-refractivity contribution in [3.05, 3.63) is 29.8 Å². The molecular weight excluding hydrogens is 915 g/mol. The summed E-state index contributed by atoms with van der Waals surface area (Å²) in [5.41, 5.74) is 0.382. The Balaban J connectivity index is 1.63. The lowest BCUT2D eigenvalue weighted by Gasteiger charge is -2.32. The third-order valence-electron chi connectivity index (χ3n) is 13.7. The van der Waals surface area contributed by atoms with Crippen LogP contribution in [0.25, 0.3) is 0 Å². The van der Waals surface area contributed by atoms with Crippen LogP contribution in [0.4, 0.5) is 0 Å². The minimum absolute atomic E-state index is 0.0340. The first-order valence-corrected chi connectivity index (χ1v) is 24.8. The molecule has 7 amide bonds. The lowest BCUT2D eigenvalue weighted by molar-refractivity contribution is -0.147. The lowest BCUT2D eigenvalue weighted by atomic mass is 9.99. The average Bonchev–Trinajstić information content (AvgIpc) is 3.86. The summed E-state index contributed by atoms with van der Waals surface area (Å²) < 4.78 is 0. The highest BCUT2D eigenvalue weighted by Crippen LogP contribution is 2.26. The van der Waals surface area contributed by atoms with Crippen LogP contribution >= 0.6 is 0 Å². The Morgan fingerprint density at radius 3 is 1.97 bits per heavy atom. The molecule has 0 aromatic heterocycles. The summed E-state index contributed by atoms with van der Waals surface area (Å²) >= 11 is 0. The molecule has 13 N–H and O–H groups in total. The Bertz CT molecular complexity index is 1910. The molecular formula is C48H77N7O15. The van der Waals surface area contributed by atoms with Gasteiger partial charge in [0.05, 0.1) is 31.0 Å². The molecule has 70 heavy (non-hydrogen) atoms. The van der Waals surface area contributed by atoms with E-state index in [1.165, 1.54) is 50.5 Å². The van der Waals surface area contributed by atoms with Crippen molar-refractivity contribution < 1.29 is 74.4 Å². The van der Waals surface area contributed by atoms with E-state index in [1.54, 1.807) is 0 Å². The second-order valence-electron chi connectivity index (χ2n) is 19.5. The van der Waals surface area contributed by atoms with Crippen LogP contribution in [-0.4, -0.2) is 185 Å². The van der Waals surface area contributed by atoms with Gasteiger partial charge in [-0.1, -0.05) is 90.7 Å². The maximum Gasteiger partial charge on any atom is 0.248 e. The molecule has 22 nitrogen and oxygen atoms in total. The van der Waals surface area contributed by atoms with Crippen LogP contribution in [0.5, 0.6) is 5.75 Å². The number of rotatable bonds is 18. The molecule has 3 aliphatic heterocycles. The largest absolute Gasteiger partial charge is 0.508 e. The molecule has 1 aromatic carbocycles. The van der Waals surface area contributed by atoms with Crippen LogP contribution in [0.2, 0.25) is 0 Å². The van der Waals surface area contributed by atoms with Crippen molar-refractivity contribution in [2.45, 2.75) is 191 Å². The molecule has 3 heterocycles.